The lowest BCUT2D eigenvalue weighted by atomic mass is 10.0. The molecule has 3 heterocycles. The highest BCUT2D eigenvalue weighted by Crippen LogP contribution is 2.24. The van der Waals surface area contributed by atoms with Gasteiger partial charge in [0.15, 0.2) is 0 Å². The molecule has 2 nitrogen and oxygen atoms in total. The number of rotatable bonds is 6. The van der Waals surface area contributed by atoms with Gasteiger partial charge in [-0.05, 0) is 73.7 Å². The highest BCUT2D eigenvalue weighted by molar-refractivity contribution is 6.70. The Morgan fingerprint density at radius 3 is 1.06 bits per heavy atom. The summed E-state index contributed by atoms with van der Waals surface area (Å²) in [6, 6.07) is 0. The SMILES string of the molecule is C[Si](C)(C)OC1=C[Si]C=C(C2=C[Si]C=C(C3=C[Si]C=C(O[Si](C)(C)C)C=C3)C=C2)C=C1. The summed E-state index contributed by atoms with van der Waals surface area (Å²) in [7, 11) is -1.24. The van der Waals surface area contributed by atoms with Gasteiger partial charge in [0, 0.05) is 0 Å². The van der Waals surface area contributed by atoms with Crippen molar-refractivity contribution in [3.8, 4) is 0 Å². The molecule has 7 heteroatoms. The molecule has 3 aliphatic rings. The van der Waals surface area contributed by atoms with Crippen LogP contribution >= 0.6 is 0 Å². The largest absolute Gasteiger partial charge is 0.545 e. The number of hydrogen-bond acceptors (Lipinski definition) is 2. The molecule has 0 saturated carbocycles. The molecule has 0 amide bonds. The molecule has 158 valence electrons. The van der Waals surface area contributed by atoms with Crippen LogP contribution < -0.4 is 0 Å². The second-order valence-electron chi connectivity index (χ2n) is 9.42. The van der Waals surface area contributed by atoms with Crippen molar-refractivity contribution >= 4 is 45.2 Å². The van der Waals surface area contributed by atoms with Gasteiger partial charge >= 0.3 is 0 Å². The molecule has 0 aromatic heterocycles. The first-order valence-electron chi connectivity index (χ1n) is 10.5. The van der Waals surface area contributed by atoms with E-state index in [1.54, 1.807) is 0 Å². The van der Waals surface area contributed by atoms with E-state index in [0.717, 1.165) is 11.5 Å². The van der Waals surface area contributed by atoms with Crippen molar-refractivity contribution in [1.82, 2.24) is 0 Å². The summed E-state index contributed by atoms with van der Waals surface area (Å²) >= 11 is 0. The smallest absolute Gasteiger partial charge is 0.242 e. The minimum Gasteiger partial charge on any atom is -0.545 e. The first-order valence-corrected chi connectivity index (χ1v) is 20.8. The molecule has 0 fully saturated rings. The fourth-order valence-corrected chi connectivity index (χ4v) is 7.58. The van der Waals surface area contributed by atoms with Crippen LogP contribution in [0.4, 0.5) is 0 Å². The Morgan fingerprint density at radius 2 is 0.742 bits per heavy atom. The predicted molar refractivity (Wildman–Crippen MR) is 142 cm³/mol. The Morgan fingerprint density at radius 1 is 0.452 bits per heavy atom. The van der Waals surface area contributed by atoms with Crippen LogP contribution in [-0.2, 0) is 8.85 Å². The van der Waals surface area contributed by atoms with E-state index in [2.05, 4.69) is 110 Å². The highest BCUT2D eigenvalue weighted by Gasteiger charge is 2.18. The second-order valence-corrected chi connectivity index (χ2v) is 21.0. The van der Waals surface area contributed by atoms with Crippen molar-refractivity contribution in [2.75, 3.05) is 0 Å². The normalized spacial score (nSPS) is 19.7. The van der Waals surface area contributed by atoms with E-state index in [4.69, 9.17) is 8.85 Å². The molecule has 3 aliphatic heterocycles. The number of hydrogen-bond donors (Lipinski definition) is 0. The molecule has 0 spiro atoms. The summed E-state index contributed by atoms with van der Waals surface area (Å²) in [6.45, 7) is 13.3. The summed E-state index contributed by atoms with van der Waals surface area (Å²) in [6.07, 6.45) is 13.2. The van der Waals surface area contributed by atoms with Gasteiger partial charge in [-0.2, -0.15) is 0 Å². The van der Waals surface area contributed by atoms with E-state index >= 15 is 0 Å². The van der Waals surface area contributed by atoms with Crippen molar-refractivity contribution in [3.05, 3.63) is 104 Å². The van der Waals surface area contributed by atoms with Gasteiger partial charge in [0.05, 0.1) is 11.5 Å². The van der Waals surface area contributed by atoms with Gasteiger partial charge in [0.1, 0.15) is 28.6 Å². The molecule has 0 bridgehead atoms. The van der Waals surface area contributed by atoms with Gasteiger partial charge in [-0.3, -0.25) is 0 Å². The Bertz CT molecular complexity index is 896. The van der Waals surface area contributed by atoms with Crippen LogP contribution in [0.5, 0.6) is 0 Å². The average Bonchev–Trinajstić information content (AvgIpc) is 3.10. The van der Waals surface area contributed by atoms with E-state index in [9.17, 15) is 0 Å². The van der Waals surface area contributed by atoms with Crippen molar-refractivity contribution in [2.24, 2.45) is 0 Å². The van der Waals surface area contributed by atoms with E-state index in [0.29, 0.717) is 28.6 Å². The van der Waals surface area contributed by atoms with Crippen molar-refractivity contribution in [2.45, 2.75) is 39.3 Å². The molecule has 0 aliphatic carbocycles. The topological polar surface area (TPSA) is 18.5 Å². The van der Waals surface area contributed by atoms with E-state index in [1.165, 1.54) is 22.3 Å². The Labute approximate surface area is 197 Å². The van der Waals surface area contributed by atoms with E-state index < -0.39 is 16.6 Å². The third-order valence-electron chi connectivity index (χ3n) is 4.22. The van der Waals surface area contributed by atoms with Crippen molar-refractivity contribution < 1.29 is 8.85 Å². The minimum absolute atomic E-state index is 0.636. The summed E-state index contributed by atoms with van der Waals surface area (Å²) in [4.78, 5) is 0. The van der Waals surface area contributed by atoms with Crippen LogP contribution in [0.1, 0.15) is 0 Å². The molecule has 3 rings (SSSR count). The molecular weight excluding hydrogens is 461 g/mol. The molecule has 31 heavy (non-hydrogen) atoms. The summed E-state index contributed by atoms with van der Waals surface area (Å²) < 4.78 is 12.4. The van der Waals surface area contributed by atoms with Crippen LogP contribution in [0.15, 0.2) is 104 Å². The molecule has 0 unspecified atom stereocenters. The van der Waals surface area contributed by atoms with Gasteiger partial charge in [-0.25, -0.2) is 0 Å². The van der Waals surface area contributed by atoms with Gasteiger partial charge in [0.2, 0.25) is 16.6 Å². The molecule has 6 radical (unpaired) electrons. The molecule has 0 aromatic carbocycles. The number of allylic oxidation sites excluding steroid dienone is 10. The predicted octanol–water partition coefficient (Wildman–Crippen LogP) is 5.73. The Hall–Kier alpha value is -1.66. The maximum absolute atomic E-state index is 6.18. The van der Waals surface area contributed by atoms with Gasteiger partial charge in [-0.1, -0.05) is 58.5 Å². The first-order chi connectivity index (χ1) is 14.6. The van der Waals surface area contributed by atoms with Crippen LogP contribution in [0.3, 0.4) is 0 Å². The molecule has 0 atom stereocenters. The zero-order chi connectivity index (χ0) is 22.5. The zero-order valence-corrected chi connectivity index (χ0v) is 24.2. The maximum atomic E-state index is 6.18. The molecular formula is C24H30O2Si5. The zero-order valence-electron chi connectivity index (χ0n) is 19.2. The quantitative estimate of drug-likeness (QED) is 0.443. The lowest BCUT2D eigenvalue weighted by Crippen LogP contribution is -2.24. The van der Waals surface area contributed by atoms with Crippen LogP contribution in [0.2, 0.25) is 39.3 Å². The third-order valence-corrected chi connectivity index (χ3v) is 8.73. The van der Waals surface area contributed by atoms with Crippen molar-refractivity contribution in [1.29, 1.82) is 0 Å². The highest BCUT2D eigenvalue weighted by atomic mass is 28.4. The van der Waals surface area contributed by atoms with E-state index in [1.807, 2.05) is 0 Å². The summed E-state index contributed by atoms with van der Waals surface area (Å²) in [5, 5.41) is 0. The standard InChI is InChI=1S/C24H30O2Si5/c1-30(2,3)25-23-11-9-21(15-28-17-23)19-7-8-20(14-27-13-19)22-10-12-24(18-29-16-22)26-31(4,5)6/h7-18H,1-6H3. The molecule has 0 aromatic rings. The summed E-state index contributed by atoms with van der Waals surface area (Å²) in [5.41, 5.74) is 18.9. The Balaban J connectivity index is 1.67. The second kappa shape index (κ2) is 10.3. The van der Waals surface area contributed by atoms with Crippen molar-refractivity contribution in [3.63, 3.8) is 0 Å². The van der Waals surface area contributed by atoms with Crippen LogP contribution in [0, 0.1) is 0 Å². The molecule has 0 N–H and O–H groups in total. The lowest BCUT2D eigenvalue weighted by Gasteiger charge is -2.19. The monoisotopic (exact) mass is 490 g/mol. The van der Waals surface area contributed by atoms with Gasteiger partial charge < -0.3 is 8.85 Å². The summed E-state index contributed by atoms with van der Waals surface area (Å²) in [5.74, 6) is 2.03. The van der Waals surface area contributed by atoms with Gasteiger partial charge in [-0.15, -0.1) is 0 Å². The fourth-order valence-electron chi connectivity index (χ4n) is 3.01. The average molecular weight is 491 g/mol. The van der Waals surface area contributed by atoms with Crippen LogP contribution in [-0.4, -0.2) is 45.2 Å². The van der Waals surface area contributed by atoms with Gasteiger partial charge in [0.25, 0.3) is 0 Å². The fraction of sp³-hybridized carbons (Fsp3) is 0.250. The Kier molecular flexibility index (Phi) is 7.98. The third kappa shape index (κ3) is 8.08. The first kappa shape index (κ1) is 24.0. The van der Waals surface area contributed by atoms with E-state index in [-0.39, 0.29) is 0 Å². The maximum Gasteiger partial charge on any atom is 0.242 e. The molecule has 0 saturated heterocycles. The van der Waals surface area contributed by atoms with Crippen LogP contribution in [0.25, 0.3) is 0 Å². The minimum atomic E-state index is -1.58. The lowest BCUT2D eigenvalue weighted by molar-refractivity contribution is 0.442.